The molecule has 0 rings (SSSR count). The van der Waals surface area contributed by atoms with Crippen LogP contribution in [-0.2, 0) is 0 Å². The Kier molecular flexibility index (Phi) is 8.33. The summed E-state index contributed by atoms with van der Waals surface area (Å²) in [5, 5.41) is 0. The molecule has 0 aliphatic heterocycles. The molecule has 0 spiro atoms. The first-order chi connectivity index (χ1) is 14.2. The SMILES string of the molecule is CC(C(F)(F)C(F)(F)C(F)(F)C(F)(F)C(F)(F)C(F)(F)C(F)(F)C(F)(F)C(F)(F)F)[Si](Cl)(Cl)Cl. The normalized spacial score (nSPS) is 17.7. The Bertz CT molecular complexity index is 752. The number of alkyl halides is 19. The molecule has 0 nitrogen and oxygen atoms in total. The van der Waals surface area contributed by atoms with E-state index in [-0.39, 0.29) is 6.92 Å². The Morgan fingerprint density at radius 1 is 0.412 bits per heavy atom. The van der Waals surface area contributed by atoms with Crippen LogP contribution in [0.4, 0.5) is 83.4 Å². The molecule has 0 aromatic carbocycles. The van der Waals surface area contributed by atoms with E-state index in [0.29, 0.717) is 0 Å². The fourth-order valence-electron chi connectivity index (χ4n) is 1.85. The summed E-state index contributed by atoms with van der Waals surface area (Å²) in [6.45, 7) is -0.341. The number of rotatable bonds is 9. The molecule has 0 heterocycles. The molecule has 1 atom stereocenters. The van der Waals surface area contributed by atoms with Crippen LogP contribution < -0.4 is 0 Å². The highest BCUT2D eigenvalue weighted by Gasteiger charge is 2.97. The van der Waals surface area contributed by atoms with E-state index in [0.717, 1.165) is 0 Å². The molecule has 0 saturated heterocycles. The maximum Gasteiger partial charge on any atom is 0.460 e. The van der Waals surface area contributed by atoms with Crippen molar-refractivity contribution in [1.82, 2.24) is 0 Å². The predicted octanol–water partition coefficient (Wildman–Crippen LogP) is 8.68. The summed E-state index contributed by atoms with van der Waals surface area (Å²) in [6, 6.07) is -5.37. The first-order valence-corrected chi connectivity index (χ1v) is 12.4. The summed E-state index contributed by atoms with van der Waals surface area (Å²) < 4.78 is 250. The molecule has 0 fully saturated rings. The molecule has 0 aromatic heterocycles. The number of hydrogen-bond donors (Lipinski definition) is 0. The van der Waals surface area contributed by atoms with Crippen LogP contribution in [0, 0.1) is 0 Å². The largest absolute Gasteiger partial charge is 0.460 e. The summed E-state index contributed by atoms with van der Waals surface area (Å²) in [7, 11) is 0. The van der Waals surface area contributed by atoms with E-state index >= 15 is 0 Å². The van der Waals surface area contributed by atoms with Gasteiger partial charge in [-0.3, -0.25) is 0 Å². The van der Waals surface area contributed by atoms with Crippen LogP contribution in [0.2, 0.25) is 5.54 Å². The van der Waals surface area contributed by atoms with Crippen molar-refractivity contribution in [3.8, 4) is 0 Å². The Morgan fingerprint density at radius 2 is 0.618 bits per heavy atom. The minimum Gasteiger partial charge on any atom is -0.200 e. The van der Waals surface area contributed by atoms with Crippen LogP contribution in [0.5, 0.6) is 0 Å². The highest BCUT2D eigenvalue weighted by molar-refractivity contribution is 7.65. The van der Waals surface area contributed by atoms with Crippen LogP contribution >= 0.6 is 33.2 Å². The van der Waals surface area contributed by atoms with Crippen molar-refractivity contribution in [2.75, 3.05) is 0 Å². The lowest BCUT2D eigenvalue weighted by Gasteiger charge is -2.44. The average Bonchev–Trinajstić information content (AvgIpc) is 2.57. The van der Waals surface area contributed by atoms with E-state index < -0.39 is 65.1 Å². The van der Waals surface area contributed by atoms with Gasteiger partial charge in [0.1, 0.15) is 0 Å². The second-order valence-corrected chi connectivity index (χ2v) is 15.5. The Hall–Kier alpha value is -0.243. The van der Waals surface area contributed by atoms with Gasteiger partial charge in [0.15, 0.2) is 0 Å². The lowest BCUT2D eigenvalue weighted by molar-refractivity contribution is -0.468. The number of hydrogen-bond acceptors (Lipinski definition) is 0. The van der Waals surface area contributed by atoms with E-state index in [1.165, 1.54) is 0 Å². The molecule has 1 unspecified atom stereocenters. The summed E-state index contributed by atoms with van der Waals surface area (Å²) in [4.78, 5) is 0. The molecule has 0 bridgehead atoms. The maximum absolute atomic E-state index is 13.7. The van der Waals surface area contributed by atoms with Gasteiger partial charge in [0.25, 0.3) is 0 Å². The topological polar surface area (TPSA) is 0 Å². The first-order valence-electron chi connectivity index (χ1n) is 7.31. The minimum atomic E-state index is -8.97. The van der Waals surface area contributed by atoms with E-state index in [4.69, 9.17) is 33.2 Å². The highest BCUT2D eigenvalue weighted by atomic mass is 35.8. The average molecular weight is 632 g/mol. The lowest BCUT2D eigenvalue weighted by atomic mass is 9.87. The van der Waals surface area contributed by atoms with Crippen molar-refractivity contribution < 1.29 is 83.4 Å². The predicted molar refractivity (Wildman–Crippen MR) is 78.4 cm³/mol. The minimum absolute atomic E-state index is 0.341. The van der Waals surface area contributed by atoms with Gasteiger partial charge in [0.2, 0.25) is 0 Å². The third-order valence-electron chi connectivity index (χ3n) is 4.18. The van der Waals surface area contributed by atoms with Gasteiger partial charge in [-0.2, -0.15) is 83.4 Å². The van der Waals surface area contributed by atoms with Gasteiger partial charge in [-0.15, -0.1) is 33.2 Å². The van der Waals surface area contributed by atoms with Gasteiger partial charge in [-0.25, -0.2) is 0 Å². The summed E-state index contributed by atoms with van der Waals surface area (Å²) in [5.74, 6) is -67.2. The molecular formula is C11H4Cl3F19Si. The Labute approximate surface area is 189 Å². The van der Waals surface area contributed by atoms with Crippen LogP contribution in [0.3, 0.4) is 0 Å². The summed E-state index contributed by atoms with van der Waals surface area (Å²) in [6.07, 6.45) is -7.92. The van der Waals surface area contributed by atoms with Crippen molar-refractivity contribution in [3.63, 3.8) is 0 Å². The molecule has 0 aliphatic rings. The van der Waals surface area contributed by atoms with Gasteiger partial charge in [-0.05, 0) is 0 Å². The third-order valence-corrected chi connectivity index (χ3v) is 8.47. The molecule has 0 amide bonds. The Morgan fingerprint density at radius 3 is 0.824 bits per heavy atom. The van der Waals surface area contributed by atoms with Crippen molar-refractivity contribution in [1.29, 1.82) is 0 Å². The summed E-state index contributed by atoms with van der Waals surface area (Å²) >= 11 is 14.5. The summed E-state index contributed by atoms with van der Waals surface area (Å²) in [5.41, 5.74) is -3.72. The first kappa shape index (κ1) is 33.8. The maximum atomic E-state index is 13.7. The van der Waals surface area contributed by atoms with Crippen LogP contribution in [-0.4, -0.2) is 59.6 Å². The molecule has 0 aliphatic carbocycles. The smallest absolute Gasteiger partial charge is 0.200 e. The van der Waals surface area contributed by atoms with Crippen molar-refractivity contribution >= 4 is 39.2 Å². The van der Waals surface area contributed by atoms with E-state index in [9.17, 15) is 83.4 Å². The Balaban J connectivity index is 7.01. The van der Waals surface area contributed by atoms with E-state index in [2.05, 4.69) is 0 Å². The molecule has 34 heavy (non-hydrogen) atoms. The van der Waals surface area contributed by atoms with Gasteiger partial charge in [0, 0.05) is 0 Å². The van der Waals surface area contributed by atoms with E-state index in [1.54, 1.807) is 0 Å². The van der Waals surface area contributed by atoms with Crippen LogP contribution in [0.1, 0.15) is 6.92 Å². The molecular weight excluding hydrogens is 628 g/mol. The lowest BCUT2D eigenvalue weighted by Crippen LogP contribution is -2.76. The van der Waals surface area contributed by atoms with Crippen LogP contribution in [0.25, 0.3) is 0 Å². The molecule has 0 aromatic rings. The monoisotopic (exact) mass is 630 g/mol. The fourth-order valence-corrected chi connectivity index (χ4v) is 3.68. The van der Waals surface area contributed by atoms with Gasteiger partial charge in [-0.1, -0.05) is 6.92 Å². The fraction of sp³-hybridized carbons (Fsp3) is 1.00. The molecule has 0 saturated carbocycles. The zero-order valence-electron chi connectivity index (χ0n) is 14.9. The zero-order chi connectivity index (χ0) is 28.6. The van der Waals surface area contributed by atoms with Crippen LogP contribution in [0.15, 0.2) is 0 Å². The molecule has 0 radical (unpaired) electrons. The highest BCUT2D eigenvalue weighted by Crippen LogP contribution is 2.66. The van der Waals surface area contributed by atoms with Gasteiger partial charge in [0.05, 0.1) is 5.54 Å². The van der Waals surface area contributed by atoms with Crippen molar-refractivity contribution in [2.45, 2.75) is 66.0 Å². The van der Waals surface area contributed by atoms with Crippen molar-refractivity contribution in [3.05, 3.63) is 0 Å². The third kappa shape index (κ3) is 4.28. The molecule has 23 heteroatoms. The zero-order valence-corrected chi connectivity index (χ0v) is 18.2. The molecule has 206 valence electrons. The quantitative estimate of drug-likeness (QED) is 0.136. The van der Waals surface area contributed by atoms with Crippen molar-refractivity contribution in [2.24, 2.45) is 0 Å². The van der Waals surface area contributed by atoms with E-state index in [1.807, 2.05) is 0 Å². The molecule has 0 N–H and O–H groups in total. The number of halogens is 22. The second-order valence-electron chi connectivity index (χ2n) is 6.40. The van der Waals surface area contributed by atoms with Gasteiger partial charge >= 0.3 is 59.6 Å². The second kappa shape index (κ2) is 8.39. The van der Waals surface area contributed by atoms with Gasteiger partial charge < -0.3 is 0 Å². The standard InChI is InChI=1S/C11H4Cl3F19Si/c1-2(34(12,13)14)3(15,16)4(17,18)5(19,20)6(21,22)7(23,24)8(25,26)9(27,28)10(29,30)11(31,32)33/h2H,1H3.